The van der Waals surface area contributed by atoms with E-state index in [1.54, 1.807) is 13.0 Å². The van der Waals surface area contributed by atoms with Gasteiger partial charge in [0.25, 0.3) is 5.69 Å². The zero-order chi connectivity index (χ0) is 13.5. The van der Waals surface area contributed by atoms with E-state index in [1.165, 1.54) is 12.1 Å². The van der Waals surface area contributed by atoms with Crippen LogP contribution < -0.4 is 10.1 Å². The molecule has 0 aliphatic rings. The maximum absolute atomic E-state index is 11.4. The summed E-state index contributed by atoms with van der Waals surface area (Å²) in [5, 5.41) is 13.4. The first-order valence-electron chi connectivity index (χ1n) is 5.79. The summed E-state index contributed by atoms with van der Waals surface area (Å²) in [6.07, 6.45) is 1.03. The number of rotatable bonds is 6. The van der Waals surface area contributed by atoms with Gasteiger partial charge in [-0.05, 0) is 25.5 Å². The van der Waals surface area contributed by atoms with Gasteiger partial charge in [-0.15, -0.1) is 0 Å². The lowest BCUT2D eigenvalue weighted by Gasteiger charge is -2.07. The molecule has 6 heteroatoms. The lowest BCUT2D eigenvalue weighted by molar-refractivity contribution is -0.384. The molecule has 98 valence electrons. The van der Waals surface area contributed by atoms with E-state index in [0.29, 0.717) is 25.2 Å². The van der Waals surface area contributed by atoms with Gasteiger partial charge in [0.2, 0.25) is 5.91 Å². The molecule has 1 amide bonds. The Bertz CT molecular complexity index is 446. The first-order valence-corrected chi connectivity index (χ1v) is 5.79. The van der Waals surface area contributed by atoms with Gasteiger partial charge in [-0.25, -0.2) is 0 Å². The number of benzene rings is 1. The molecule has 6 nitrogen and oxygen atoms in total. The lowest BCUT2D eigenvalue weighted by atomic mass is 10.2. The molecule has 0 atom stereocenters. The van der Waals surface area contributed by atoms with Crippen LogP contribution in [0.25, 0.3) is 0 Å². The van der Waals surface area contributed by atoms with E-state index in [9.17, 15) is 14.9 Å². The number of nitro benzene ring substituents is 1. The van der Waals surface area contributed by atoms with Crippen LogP contribution in [-0.4, -0.2) is 17.4 Å². The molecule has 0 heterocycles. The lowest BCUT2D eigenvalue weighted by Crippen LogP contribution is -2.12. The van der Waals surface area contributed by atoms with E-state index in [-0.39, 0.29) is 17.3 Å². The average Bonchev–Trinajstić information content (AvgIpc) is 2.31. The van der Waals surface area contributed by atoms with E-state index < -0.39 is 4.92 Å². The standard InChI is InChI=1S/C12H16N2O4/c1-3-5-12(15)13-10-7-6-9(18-4-2)8-11(10)14(16)17/h6-8H,3-5H2,1-2H3,(H,13,15). The number of hydrogen-bond acceptors (Lipinski definition) is 4. The molecular weight excluding hydrogens is 236 g/mol. The number of nitrogens with one attached hydrogen (secondary N) is 1. The number of carbonyl (C=O) groups is 1. The molecule has 1 aromatic carbocycles. The highest BCUT2D eigenvalue weighted by Crippen LogP contribution is 2.29. The van der Waals surface area contributed by atoms with Crippen LogP contribution in [0.4, 0.5) is 11.4 Å². The fraction of sp³-hybridized carbons (Fsp3) is 0.417. The Kier molecular flexibility index (Phi) is 5.10. The smallest absolute Gasteiger partial charge is 0.296 e. The molecule has 0 saturated heterocycles. The molecule has 0 spiro atoms. The van der Waals surface area contributed by atoms with Crippen LogP contribution in [0.3, 0.4) is 0 Å². The summed E-state index contributed by atoms with van der Waals surface area (Å²) in [5.74, 6) is 0.183. The van der Waals surface area contributed by atoms with E-state index in [2.05, 4.69) is 5.32 Å². The topological polar surface area (TPSA) is 81.5 Å². The Morgan fingerprint density at radius 1 is 1.44 bits per heavy atom. The van der Waals surface area contributed by atoms with Crippen LogP contribution in [0, 0.1) is 10.1 Å². The fourth-order valence-electron chi connectivity index (χ4n) is 1.46. The number of anilines is 1. The van der Waals surface area contributed by atoms with Crippen molar-refractivity contribution in [1.29, 1.82) is 0 Å². The molecule has 0 aliphatic heterocycles. The SMILES string of the molecule is CCCC(=O)Nc1ccc(OCC)cc1[N+](=O)[O-]. The van der Waals surface area contributed by atoms with Crippen molar-refractivity contribution in [3.63, 3.8) is 0 Å². The summed E-state index contributed by atoms with van der Waals surface area (Å²) in [6, 6.07) is 4.39. The number of carbonyl (C=O) groups excluding carboxylic acids is 1. The second kappa shape index (κ2) is 6.58. The molecule has 0 fully saturated rings. The monoisotopic (exact) mass is 252 g/mol. The van der Waals surface area contributed by atoms with Crippen molar-refractivity contribution < 1.29 is 14.5 Å². The van der Waals surface area contributed by atoms with Crippen molar-refractivity contribution in [3.8, 4) is 5.75 Å². The molecule has 1 rings (SSSR count). The van der Waals surface area contributed by atoms with Crippen LogP contribution in [0.1, 0.15) is 26.7 Å². The Hall–Kier alpha value is -2.11. The maximum atomic E-state index is 11.4. The number of amides is 1. The third-order valence-electron chi connectivity index (χ3n) is 2.23. The second-order valence-corrected chi connectivity index (χ2v) is 3.67. The predicted molar refractivity (Wildman–Crippen MR) is 67.8 cm³/mol. The minimum atomic E-state index is -0.538. The van der Waals surface area contributed by atoms with Crippen LogP contribution in [-0.2, 0) is 4.79 Å². The molecule has 0 radical (unpaired) electrons. The minimum Gasteiger partial charge on any atom is -0.494 e. The van der Waals surface area contributed by atoms with E-state index >= 15 is 0 Å². The number of ether oxygens (including phenoxy) is 1. The number of nitrogens with zero attached hydrogens (tertiary/aromatic N) is 1. The molecule has 0 saturated carbocycles. The van der Waals surface area contributed by atoms with Crippen molar-refractivity contribution in [2.75, 3.05) is 11.9 Å². The van der Waals surface area contributed by atoms with Gasteiger partial charge in [0.05, 0.1) is 17.6 Å². The molecule has 0 aliphatic carbocycles. The Morgan fingerprint density at radius 3 is 2.72 bits per heavy atom. The minimum absolute atomic E-state index is 0.162. The summed E-state index contributed by atoms with van der Waals surface area (Å²) in [6.45, 7) is 4.09. The first-order chi connectivity index (χ1) is 8.58. The number of hydrogen-bond donors (Lipinski definition) is 1. The Morgan fingerprint density at radius 2 is 2.17 bits per heavy atom. The summed E-state index contributed by atoms with van der Waals surface area (Å²) < 4.78 is 5.19. The molecule has 0 bridgehead atoms. The maximum Gasteiger partial charge on any atom is 0.296 e. The zero-order valence-electron chi connectivity index (χ0n) is 10.4. The van der Waals surface area contributed by atoms with Gasteiger partial charge in [-0.2, -0.15) is 0 Å². The van der Waals surface area contributed by atoms with Crippen molar-refractivity contribution in [3.05, 3.63) is 28.3 Å². The molecule has 18 heavy (non-hydrogen) atoms. The van der Waals surface area contributed by atoms with E-state index in [4.69, 9.17) is 4.74 Å². The van der Waals surface area contributed by atoms with Crippen molar-refractivity contribution in [2.24, 2.45) is 0 Å². The van der Waals surface area contributed by atoms with Crippen molar-refractivity contribution in [1.82, 2.24) is 0 Å². The van der Waals surface area contributed by atoms with Gasteiger partial charge in [0.15, 0.2) is 0 Å². The van der Waals surface area contributed by atoms with Gasteiger partial charge < -0.3 is 10.1 Å². The van der Waals surface area contributed by atoms with E-state index in [0.717, 1.165) is 0 Å². The first kappa shape index (κ1) is 14.0. The van der Waals surface area contributed by atoms with Gasteiger partial charge in [-0.1, -0.05) is 6.92 Å². The second-order valence-electron chi connectivity index (χ2n) is 3.67. The molecule has 1 N–H and O–H groups in total. The summed E-state index contributed by atoms with van der Waals surface area (Å²) in [7, 11) is 0. The van der Waals surface area contributed by atoms with E-state index in [1.807, 2.05) is 6.92 Å². The van der Waals surface area contributed by atoms with Crippen LogP contribution in [0.5, 0.6) is 5.75 Å². The third-order valence-corrected chi connectivity index (χ3v) is 2.23. The van der Waals surface area contributed by atoms with Crippen LogP contribution in [0.2, 0.25) is 0 Å². The molecule has 1 aromatic rings. The predicted octanol–water partition coefficient (Wildman–Crippen LogP) is 2.73. The summed E-state index contributed by atoms with van der Waals surface area (Å²) in [4.78, 5) is 21.8. The highest BCUT2D eigenvalue weighted by Gasteiger charge is 2.16. The normalized spacial score (nSPS) is 9.89. The molecule has 0 aromatic heterocycles. The van der Waals surface area contributed by atoms with Crippen molar-refractivity contribution >= 4 is 17.3 Å². The third kappa shape index (κ3) is 3.73. The molecule has 0 unspecified atom stereocenters. The average molecular weight is 252 g/mol. The quantitative estimate of drug-likeness (QED) is 0.623. The highest BCUT2D eigenvalue weighted by molar-refractivity contribution is 5.93. The highest BCUT2D eigenvalue weighted by atomic mass is 16.6. The summed E-state index contributed by atoms with van der Waals surface area (Å²) >= 11 is 0. The van der Waals surface area contributed by atoms with Gasteiger partial charge in [-0.3, -0.25) is 14.9 Å². The van der Waals surface area contributed by atoms with Gasteiger partial charge in [0, 0.05) is 6.42 Å². The largest absolute Gasteiger partial charge is 0.494 e. The Balaban J connectivity index is 2.96. The van der Waals surface area contributed by atoms with Crippen LogP contribution >= 0.6 is 0 Å². The van der Waals surface area contributed by atoms with Gasteiger partial charge in [0.1, 0.15) is 11.4 Å². The summed E-state index contributed by atoms with van der Waals surface area (Å²) in [5.41, 5.74) is 0.0345. The Labute approximate surface area is 105 Å². The van der Waals surface area contributed by atoms with Crippen LogP contribution in [0.15, 0.2) is 18.2 Å². The van der Waals surface area contributed by atoms with Gasteiger partial charge >= 0.3 is 0 Å². The van der Waals surface area contributed by atoms with Crippen molar-refractivity contribution in [2.45, 2.75) is 26.7 Å². The number of nitro groups is 1. The molecular formula is C12H16N2O4. The zero-order valence-corrected chi connectivity index (χ0v) is 10.4. The fourth-order valence-corrected chi connectivity index (χ4v) is 1.46.